The van der Waals surface area contributed by atoms with E-state index in [0.29, 0.717) is 6.61 Å². The molecule has 0 aliphatic carbocycles. The van der Waals surface area contributed by atoms with Crippen molar-refractivity contribution >= 4 is 17.3 Å². The van der Waals surface area contributed by atoms with Crippen LogP contribution in [0.25, 0.3) is 10.6 Å². The number of rotatable bonds is 5. The van der Waals surface area contributed by atoms with Crippen molar-refractivity contribution in [3.63, 3.8) is 0 Å². The molecule has 5 heteroatoms. The van der Waals surface area contributed by atoms with Crippen molar-refractivity contribution in [2.75, 3.05) is 0 Å². The molecule has 3 aromatic rings. The third-order valence-electron chi connectivity index (χ3n) is 3.03. The summed E-state index contributed by atoms with van der Waals surface area (Å²) in [6.45, 7) is 0.291. The molecule has 4 nitrogen and oxygen atoms in total. The van der Waals surface area contributed by atoms with Gasteiger partial charge < -0.3 is 4.74 Å². The molecule has 1 aromatic carbocycles. The average molecular weight is 310 g/mol. The van der Waals surface area contributed by atoms with Gasteiger partial charge in [-0.25, -0.2) is 4.98 Å². The van der Waals surface area contributed by atoms with Crippen LogP contribution >= 0.6 is 11.3 Å². The Hall–Kier alpha value is -2.53. The van der Waals surface area contributed by atoms with Crippen molar-refractivity contribution < 1.29 is 9.53 Å². The lowest BCUT2D eigenvalue weighted by Gasteiger charge is -2.03. The van der Waals surface area contributed by atoms with Gasteiger partial charge in [-0.15, -0.1) is 11.3 Å². The minimum Gasteiger partial charge on any atom is -0.461 e. The summed E-state index contributed by atoms with van der Waals surface area (Å²) in [7, 11) is 0. The number of benzene rings is 1. The summed E-state index contributed by atoms with van der Waals surface area (Å²) in [4.78, 5) is 20.4. The number of carbonyl (C=O) groups is 1. The largest absolute Gasteiger partial charge is 0.461 e. The monoisotopic (exact) mass is 310 g/mol. The molecular formula is C17H14N2O2S. The first-order valence-corrected chi connectivity index (χ1v) is 7.73. The SMILES string of the molecule is O=C(Cc1csc(-c2cccnc2)n1)OCc1ccccc1. The standard InChI is InChI=1S/C17H14N2O2S/c20-16(21-11-13-5-2-1-3-6-13)9-15-12-22-17(19-15)14-7-4-8-18-10-14/h1-8,10,12H,9,11H2. The molecule has 0 spiro atoms. The molecule has 0 bridgehead atoms. The van der Waals surface area contributed by atoms with Crippen molar-refractivity contribution in [1.82, 2.24) is 9.97 Å². The summed E-state index contributed by atoms with van der Waals surface area (Å²) in [5, 5.41) is 2.74. The van der Waals surface area contributed by atoms with Gasteiger partial charge in [-0.2, -0.15) is 0 Å². The fourth-order valence-electron chi connectivity index (χ4n) is 1.95. The highest BCUT2D eigenvalue weighted by Crippen LogP contribution is 2.22. The zero-order valence-corrected chi connectivity index (χ0v) is 12.6. The molecule has 0 aliphatic heterocycles. The quantitative estimate of drug-likeness (QED) is 0.677. The molecule has 0 N–H and O–H groups in total. The van der Waals surface area contributed by atoms with Crippen LogP contribution in [0.5, 0.6) is 0 Å². The van der Waals surface area contributed by atoms with Crippen LogP contribution in [-0.2, 0) is 22.6 Å². The summed E-state index contributed by atoms with van der Waals surface area (Å²) < 4.78 is 5.26. The van der Waals surface area contributed by atoms with E-state index < -0.39 is 0 Å². The molecule has 0 aliphatic rings. The number of hydrogen-bond donors (Lipinski definition) is 0. The topological polar surface area (TPSA) is 52.1 Å². The van der Waals surface area contributed by atoms with Gasteiger partial charge in [0.05, 0.1) is 12.1 Å². The Balaban J connectivity index is 1.57. The van der Waals surface area contributed by atoms with E-state index in [1.807, 2.05) is 47.8 Å². The molecule has 2 heterocycles. The number of thiazole rings is 1. The third kappa shape index (κ3) is 3.77. The van der Waals surface area contributed by atoms with Crippen LogP contribution in [0.15, 0.2) is 60.2 Å². The van der Waals surface area contributed by atoms with Crippen LogP contribution in [-0.4, -0.2) is 15.9 Å². The van der Waals surface area contributed by atoms with Crippen LogP contribution in [0.3, 0.4) is 0 Å². The highest BCUT2D eigenvalue weighted by Gasteiger charge is 2.10. The fourth-order valence-corrected chi connectivity index (χ4v) is 2.76. The van der Waals surface area contributed by atoms with Gasteiger partial charge in [-0.3, -0.25) is 9.78 Å². The summed E-state index contributed by atoms with van der Waals surface area (Å²) in [5.41, 5.74) is 2.66. The lowest BCUT2D eigenvalue weighted by Crippen LogP contribution is -2.08. The molecule has 0 unspecified atom stereocenters. The van der Waals surface area contributed by atoms with Gasteiger partial charge in [-0.05, 0) is 17.7 Å². The van der Waals surface area contributed by atoms with Crippen molar-refractivity contribution in [2.45, 2.75) is 13.0 Å². The number of carbonyl (C=O) groups excluding carboxylic acids is 1. The summed E-state index contributed by atoms with van der Waals surface area (Å²) >= 11 is 1.50. The minimum absolute atomic E-state index is 0.184. The lowest BCUT2D eigenvalue weighted by atomic mass is 10.2. The second kappa shape index (κ2) is 6.95. The molecule has 0 radical (unpaired) electrons. The van der Waals surface area contributed by atoms with Crippen molar-refractivity contribution in [3.8, 4) is 10.6 Å². The lowest BCUT2D eigenvalue weighted by molar-refractivity contribution is -0.144. The van der Waals surface area contributed by atoms with Crippen molar-refractivity contribution in [2.24, 2.45) is 0 Å². The first-order valence-electron chi connectivity index (χ1n) is 6.85. The van der Waals surface area contributed by atoms with Crippen LogP contribution in [0.1, 0.15) is 11.3 Å². The van der Waals surface area contributed by atoms with Crippen LogP contribution in [0.4, 0.5) is 0 Å². The highest BCUT2D eigenvalue weighted by molar-refractivity contribution is 7.13. The average Bonchev–Trinajstić information content (AvgIpc) is 3.03. The van der Waals surface area contributed by atoms with Crippen molar-refractivity contribution in [1.29, 1.82) is 0 Å². The van der Waals surface area contributed by atoms with Gasteiger partial charge in [0.15, 0.2) is 0 Å². The maximum Gasteiger partial charge on any atom is 0.312 e. The normalized spacial score (nSPS) is 10.4. The second-order valence-electron chi connectivity index (χ2n) is 4.71. The molecule has 2 aromatic heterocycles. The molecule has 22 heavy (non-hydrogen) atoms. The Labute approximate surface area is 132 Å². The van der Waals surface area contributed by atoms with Gasteiger partial charge >= 0.3 is 5.97 Å². The smallest absolute Gasteiger partial charge is 0.312 e. The molecule has 0 saturated carbocycles. The Morgan fingerprint density at radius 1 is 1.14 bits per heavy atom. The predicted molar refractivity (Wildman–Crippen MR) is 85.3 cm³/mol. The van der Waals surface area contributed by atoms with Crippen LogP contribution in [0, 0.1) is 0 Å². The predicted octanol–water partition coefficient (Wildman–Crippen LogP) is 3.49. The van der Waals surface area contributed by atoms with Gasteiger partial charge in [0.25, 0.3) is 0 Å². The van der Waals surface area contributed by atoms with E-state index >= 15 is 0 Å². The number of hydrogen-bond acceptors (Lipinski definition) is 5. The summed E-state index contributed by atoms with van der Waals surface area (Å²) in [6.07, 6.45) is 3.67. The molecule has 110 valence electrons. The van der Waals surface area contributed by atoms with E-state index in [-0.39, 0.29) is 12.4 Å². The van der Waals surface area contributed by atoms with Gasteiger partial charge in [0, 0.05) is 23.3 Å². The zero-order valence-electron chi connectivity index (χ0n) is 11.8. The Bertz CT molecular complexity index is 742. The van der Waals surface area contributed by atoms with E-state index in [1.54, 1.807) is 12.4 Å². The van der Waals surface area contributed by atoms with Crippen LogP contribution in [0.2, 0.25) is 0 Å². The molecular weight excluding hydrogens is 296 g/mol. The third-order valence-corrected chi connectivity index (χ3v) is 3.97. The number of esters is 1. The zero-order chi connectivity index (χ0) is 15.2. The Morgan fingerprint density at radius 3 is 2.77 bits per heavy atom. The fraction of sp³-hybridized carbons (Fsp3) is 0.118. The van der Waals surface area contributed by atoms with E-state index in [2.05, 4.69) is 9.97 Å². The number of pyridine rings is 1. The first kappa shape index (κ1) is 14.4. The van der Waals surface area contributed by atoms with E-state index in [9.17, 15) is 4.79 Å². The van der Waals surface area contributed by atoms with Crippen molar-refractivity contribution in [3.05, 3.63) is 71.5 Å². The first-order chi connectivity index (χ1) is 10.8. The van der Waals surface area contributed by atoms with E-state index in [1.165, 1.54) is 11.3 Å². The van der Waals surface area contributed by atoms with E-state index in [4.69, 9.17) is 4.74 Å². The second-order valence-corrected chi connectivity index (χ2v) is 5.57. The molecule has 0 amide bonds. The summed E-state index contributed by atoms with van der Waals surface area (Å²) in [5.74, 6) is -0.271. The number of aromatic nitrogens is 2. The molecule has 3 rings (SSSR count). The molecule has 0 saturated heterocycles. The van der Waals surface area contributed by atoms with Crippen LogP contribution < -0.4 is 0 Å². The van der Waals surface area contributed by atoms with Gasteiger partial charge in [-0.1, -0.05) is 30.3 Å². The summed E-state index contributed by atoms with van der Waals surface area (Å²) in [6, 6.07) is 13.4. The Morgan fingerprint density at radius 2 is 2.00 bits per heavy atom. The highest BCUT2D eigenvalue weighted by atomic mass is 32.1. The molecule has 0 atom stereocenters. The maximum absolute atomic E-state index is 11.9. The number of ether oxygens (including phenoxy) is 1. The minimum atomic E-state index is -0.271. The maximum atomic E-state index is 11.9. The van der Waals surface area contributed by atoms with E-state index in [0.717, 1.165) is 21.8 Å². The van der Waals surface area contributed by atoms with Gasteiger partial charge in [0.1, 0.15) is 11.6 Å². The number of nitrogens with zero attached hydrogens (tertiary/aromatic N) is 2. The molecule has 0 fully saturated rings. The van der Waals surface area contributed by atoms with Gasteiger partial charge in [0.2, 0.25) is 0 Å². The Kier molecular flexibility index (Phi) is 4.56.